The number of methoxy groups -OCH3 is 1. The molecule has 0 heterocycles. The van der Waals surface area contributed by atoms with Gasteiger partial charge in [-0.05, 0) is 30.7 Å². The molecule has 100 valence electrons. The third kappa shape index (κ3) is 5.12. The molecule has 1 aromatic rings. The maximum atomic E-state index is 11.7. The lowest BCUT2D eigenvalue weighted by atomic mass is 10.1. The molecule has 0 unspecified atom stereocenters. The molecule has 0 aliphatic carbocycles. The van der Waals surface area contributed by atoms with Crippen LogP contribution in [0.4, 0.5) is 0 Å². The van der Waals surface area contributed by atoms with E-state index in [2.05, 4.69) is 0 Å². The van der Waals surface area contributed by atoms with Gasteiger partial charge >= 0.3 is 5.97 Å². The Hall–Kier alpha value is -1.83. The van der Waals surface area contributed by atoms with Crippen molar-refractivity contribution in [3.63, 3.8) is 0 Å². The summed E-state index contributed by atoms with van der Waals surface area (Å²) in [6, 6.07) is 8.62. The van der Waals surface area contributed by atoms with Gasteiger partial charge in [-0.25, -0.2) is 4.79 Å². The predicted octanol–water partition coefficient (Wildman–Crippen LogP) is 2.83. The summed E-state index contributed by atoms with van der Waals surface area (Å²) in [6.45, 7) is 1.98. The molecule has 0 fully saturated rings. The van der Waals surface area contributed by atoms with Gasteiger partial charge in [-0.2, -0.15) is 5.26 Å². The number of carbonyl (C=O) groups excluding carboxylic acids is 1. The summed E-state index contributed by atoms with van der Waals surface area (Å²) in [5, 5.41) is 9.57. The maximum absolute atomic E-state index is 11.7. The van der Waals surface area contributed by atoms with E-state index < -0.39 is 12.1 Å². The maximum Gasteiger partial charge on any atom is 0.349 e. The van der Waals surface area contributed by atoms with Gasteiger partial charge in [-0.15, -0.1) is 0 Å². The Morgan fingerprint density at radius 3 is 2.63 bits per heavy atom. The van der Waals surface area contributed by atoms with E-state index in [9.17, 15) is 4.79 Å². The molecular formula is C14H14ClNO3. The molecule has 1 aromatic carbocycles. The van der Waals surface area contributed by atoms with Crippen molar-refractivity contribution in [2.24, 2.45) is 0 Å². The molecule has 5 heteroatoms. The van der Waals surface area contributed by atoms with Crippen LogP contribution < -0.4 is 0 Å². The van der Waals surface area contributed by atoms with Crippen LogP contribution in [-0.4, -0.2) is 25.8 Å². The number of halogens is 1. The normalized spacial score (nSPS) is 12.6. The molecule has 4 nitrogen and oxygen atoms in total. The minimum atomic E-state index is -0.665. The van der Waals surface area contributed by atoms with Crippen molar-refractivity contribution in [1.29, 1.82) is 5.26 Å². The highest BCUT2D eigenvalue weighted by Crippen LogP contribution is 2.13. The number of nitrogens with zero attached hydrogens (tertiary/aromatic N) is 1. The fraction of sp³-hybridized carbons (Fsp3) is 0.286. The second kappa shape index (κ2) is 7.57. The topological polar surface area (TPSA) is 59.3 Å². The summed E-state index contributed by atoms with van der Waals surface area (Å²) in [6.07, 6.45) is 1.05. The van der Waals surface area contributed by atoms with Gasteiger partial charge in [-0.3, -0.25) is 0 Å². The summed E-state index contributed by atoms with van der Waals surface area (Å²) in [7, 11) is 1.51. The van der Waals surface area contributed by atoms with Gasteiger partial charge in [0.05, 0.1) is 6.61 Å². The van der Waals surface area contributed by atoms with E-state index in [1.54, 1.807) is 31.2 Å². The molecule has 0 bridgehead atoms. The van der Waals surface area contributed by atoms with Crippen molar-refractivity contribution in [2.45, 2.75) is 13.0 Å². The molecule has 0 aromatic heterocycles. The van der Waals surface area contributed by atoms with Crippen molar-refractivity contribution >= 4 is 23.6 Å². The van der Waals surface area contributed by atoms with E-state index in [-0.39, 0.29) is 12.2 Å². The first kappa shape index (κ1) is 15.2. The van der Waals surface area contributed by atoms with Crippen LogP contribution in [-0.2, 0) is 14.3 Å². The first-order chi connectivity index (χ1) is 9.06. The van der Waals surface area contributed by atoms with E-state index >= 15 is 0 Å². The number of hydrogen-bond acceptors (Lipinski definition) is 4. The zero-order valence-corrected chi connectivity index (χ0v) is 11.5. The summed E-state index contributed by atoms with van der Waals surface area (Å²) >= 11 is 5.76. The van der Waals surface area contributed by atoms with Crippen molar-refractivity contribution < 1.29 is 14.3 Å². The lowest BCUT2D eigenvalue weighted by molar-refractivity contribution is -0.145. The highest BCUT2D eigenvalue weighted by molar-refractivity contribution is 6.30. The second-order valence-electron chi connectivity index (χ2n) is 3.89. The van der Waals surface area contributed by atoms with Crippen LogP contribution in [0, 0.1) is 11.3 Å². The molecule has 0 aliphatic rings. The van der Waals surface area contributed by atoms with Crippen LogP contribution in [0.2, 0.25) is 5.02 Å². The van der Waals surface area contributed by atoms with Gasteiger partial charge in [0, 0.05) is 12.1 Å². The molecule has 0 spiro atoms. The second-order valence-corrected chi connectivity index (χ2v) is 4.33. The average Bonchev–Trinajstić information content (AvgIpc) is 2.38. The molecule has 0 radical (unpaired) electrons. The molecule has 1 atom stereocenters. The Morgan fingerprint density at radius 2 is 2.11 bits per heavy atom. The van der Waals surface area contributed by atoms with Gasteiger partial charge in [0.25, 0.3) is 0 Å². The lowest BCUT2D eigenvalue weighted by Crippen LogP contribution is -2.20. The van der Waals surface area contributed by atoms with Gasteiger partial charge in [0.2, 0.25) is 0 Å². The van der Waals surface area contributed by atoms with E-state index in [1.807, 2.05) is 6.07 Å². The first-order valence-corrected chi connectivity index (χ1v) is 6.02. The minimum Gasteiger partial charge on any atom is -0.456 e. The van der Waals surface area contributed by atoms with Crippen LogP contribution in [0.25, 0.3) is 6.08 Å². The third-order valence-electron chi connectivity index (χ3n) is 2.23. The Morgan fingerprint density at radius 1 is 1.47 bits per heavy atom. The van der Waals surface area contributed by atoms with E-state index in [0.29, 0.717) is 10.6 Å². The monoisotopic (exact) mass is 279 g/mol. The lowest BCUT2D eigenvalue weighted by Gasteiger charge is -2.11. The Bertz CT molecular complexity index is 502. The summed E-state index contributed by atoms with van der Waals surface area (Å²) in [4.78, 5) is 11.7. The molecule has 0 N–H and O–H groups in total. The number of esters is 1. The quantitative estimate of drug-likeness (QED) is 0.472. The van der Waals surface area contributed by atoms with Crippen LogP contribution in [0.5, 0.6) is 0 Å². The SMILES string of the molecule is COC[C@@H](C)OC(=O)/C(C#N)=C\c1ccc(Cl)cc1. The molecule has 0 amide bonds. The summed E-state index contributed by atoms with van der Waals surface area (Å²) in [5.41, 5.74) is 0.641. The number of ether oxygens (including phenoxy) is 2. The highest BCUT2D eigenvalue weighted by Gasteiger charge is 2.14. The van der Waals surface area contributed by atoms with E-state index in [0.717, 1.165) is 0 Å². The minimum absolute atomic E-state index is 0.0646. The van der Waals surface area contributed by atoms with Crippen molar-refractivity contribution in [3.8, 4) is 6.07 Å². The summed E-state index contributed by atoms with van der Waals surface area (Å²) < 4.78 is 9.91. The molecule has 0 aliphatic heterocycles. The van der Waals surface area contributed by atoms with Gasteiger partial charge < -0.3 is 9.47 Å². The van der Waals surface area contributed by atoms with Crippen LogP contribution in [0.3, 0.4) is 0 Å². The fourth-order valence-electron chi connectivity index (χ4n) is 1.38. The van der Waals surface area contributed by atoms with Crippen LogP contribution in [0.1, 0.15) is 12.5 Å². The fourth-order valence-corrected chi connectivity index (χ4v) is 1.50. The standard InChI is InChI=1S/C14H14ClNO3/c1-10(9-18-2)19-14(17)12(8-16)7-11-3-5-13(15)6-4-11/h3-7,10H,9H2,1-2H3/b12-7-/t10-/m1/s1. The Kier molecular flexibility index (Phi) is 6.07. The van der Waals surface area contributed by atoms with Crippen molar-refractivity contribution in [2.75, 3.05) is 13.7 Å². The number of carbonyl (C=O) groups is 1. The van der Waals surface area contributed by atoms with Crippen LogP contribution in [0.15, 0.2) is 29.8 Å². The average molecular weight is 280 g/mol. The highest BCUT2D eigenvalue weighted by atomic mass is 35.5. The Balaban J connectivity index is 2.80. The number of hydrogen-bond donors (Lipinski definition) is 0. The molecule has 0 saturated carbocycles. The van der Waals surface area contributed by atoms with Gasteiger partial charge in [-0.1, -0.05) is 23.7 Å². The van der Waals surface area contributed by atoms with E-state index in [1.165, 1.54) is 13.2 Å². The zero-order valence-electron chi connectivity index (χ0n) is 10.7. The van der Waals surface area contributed by atoms with Crippen molar-refractivity contribution in [3.05, 3.63) is 40.4 Å². The first-order valence-electron chi connectivity index (χ1n) is 5.64. The van der Waals surface area contributed by atoms with Crippen molar-refractivity contribution in [1.82, 2.24) is 0 Å². The predicted molar refractivity (Wildman–Crippen MR) is 72.5 cm³/mol. The molecule has 1 rings (SSSR count). The molecular weight excluding hydrogens is 266 g/mol. The number of nitriles is 1. The number of benzene rings is 1. The smallest absolute Gasteiger partial charge is 0.349 e. The third-order valence-corrected chi connectivity index (χ3v) is 2.48. The molecule has 0 saturated heterocycles. The van der Waals surface area contributed by atoms with E-state index in [4.69, 9.17) is 26.3 Å². The summed E-state index contributed by atoms with van der Waals surface area (Å²) in [5.74, 6) is -0.665. The van der Waals surface area contributed by atoms with Crippen LogP contribution >= 0.6 is 11.6 Å². The van der Waals surface area contributed by atoms with Gasteiger partial charge in [0.1, 0.15) is 17.7 Å². The number of rotatable bonds is 5. The van der Waals surface area contributed by atoms with Gasteiger partial charge in [0.15, 0.2) is 0 Å². The zero-order chi connectivity index (χ0) is 14.3. The Labute approximate surface area is 117 Å². The largest absolute Gasteiger partial charge is 0.456 e. The molecule has 19 heavy (non-hydrogen) atoms.